The predicted octanol–water partition coefficient (Wildman–Crippen LogP) is 3.46. The van der Waals surface area contributed by atoms with E-state index in [1.807, 2.05) is 31.2 Å². The largest absolute Gasteiger partial charge is 0.352 e. The van der Waals surface area contributed by atoms with Gasteiger partial charge in [-0.05, 0) is 31.2 Å². The van der Waals surface area contributed by atoms with Crippen molar-refractivity contribution in [1.29, 1.82) is 0 Å². The lowest BCUT2D eigenvalue weighted by Crippen LogP contribution is -2.49. The Labute approximate surface area is 171 Å². The molecule has 0 unspecified atom stereocenters. The van der Waals surface area contributed by atoms with Gasteiger partial charge in [-0.25, -0.2) is 9.97 Å². The molecule has 1 saturated heterocycles. The maximum absolute atomic E-state index is 12.8. The summed E-state index contributed by atoms with van der Waals surface area (Å²) in [5.74, 6) is 0.573. The van der Waals surface area contributed by atoms with Crippen LogP contribution in [-0.4, -0.2) is 51.9 Å². The van der Waals surface area contributed by atoms with Crippen molar-refractivity contribution in [2.75, 3.05) is 31.1 Å². The highest BCUT2D eigenvalue weighted by Crippen LogP contribution is 2.26. The number of para-hydroxylation sites is 2. The highest BCUT2D eigenvalue weighted by atomic mass is 35.5. The van der Waals surface area contributed by atoms with E-state index in [-0.39, 0.29) is 22.2 Å². The van der Waals surface area contributed by atoms with Crippen molar-refractivity contribution < 1.29 is 9.72 Å². The van der Waals surface area contributed by atoms with Gasteiger partial charge in [0.2, 0.25) is 0 Å². The number of hydrogen-bond donors (Lipinski definition) is 0. The average molecular weight is 412 g/mol. The summed E-state index contributed by atoms with van der Waals surface area (Å²) in [6.07, 6.45) is 0. The fraction of sp³-hybridized carbons (Fsp3) is 0.250. The molecule has 29 heavy (non-hydrogen) atoms. The van der Waals surface area contributed by atoms with Gasteiger partial charge in [-0.1, -0.05) is 23.7 Å². The van der Waals surface area contributed by atoms with E-state index >= 15 is 0 Å². The minimum atomic E-state index is -0.585. The van der Waals surface area contributed by atoms with Crippen LogP contribution in [0.25, 0.3) is 11.0 Å². The molecule has 148 valence electrons. The number of fused-ring (bicyclic) bond motifs is 1. The number of rotatable bonds is 3. The summed E-state index contributed by atoms with van der Waals surface area (Å²) >= 11 is 5.84. The number of carbonyl (C=O) groups is 1. The van der Waals surface area contributed by atoms with Crippen LogP contribution in [0.4, 0.5) is 11.5 Å². The quantitative estimate of drug-likeness (QED) is 0.484. The molecule has 0 atom stereocenters. The fourth-order valence-electron chi connectivity index (χ4n) is 3.47. The normalized spacial score (nSPS) is 14.3. The third kappa shape index (κ3) is 3.71. The van der Waals surface area contributed by atoms with Gasteiger partial charge in [0.1, 0.15) is 5.02 Å². The number of nitro groups is 1. The first kappa shape index (κ1) is 19.1. The van der Waals surface area contributed by atoms with Crippen molar-refractivity contribution in [3.63, 3.8) is 0 Å². The Bertz CT molecular complexity index is 1110. The predicted molar refractivity (Wildman–Crippen MR) is 110 cm³/mol. The van der Waals surface area contributed by atoms with E-state index in [0.717, 1.165) is 22.5 Å². The Morgan fingerprint density at radius 2 is 1.72 bits per heavy atom. The van der Waals surface area contributed by atoms with Crippen LogP contribution in [0, 0.1) is 17.0 Å². The van der Waals surface area contributed by atoms with Crippen LogP contribution in [0.1, 0.15) is 16.1 Å². The second kappa shape index (κ2) is 7.63. The van der Waals surface area contributed by atoms with E-state index in [2.05, 4.69) is 9.88 Å². The van der Waals surface area contributed by atoms with Gasteiger partial charge < -0.3 is 9.80 Å². The zero-order chi connectivity index (χ0) is 20.5. The van der Waals surface area contributed by atoms with Crippen LogP contribution in [0.2, 0.25) is 5.02 Å². The second-order valence-corrected chi connectivity index (χ2v) is 7.23. The number of carbonyl (C=O) groups excluding carboxylic acids is 1. The topological polar surface area (TPSA) is 92.5 Å². The van der Waals surface area contributed by atoms with E-state index < -0.39 is 4.92 Å². The van der Waals surface area contributed by atoms with E-state index in [1.165, 1.54) is 18.2 Å². The standard InChI is InChI=1S/C20H18ClN5O3/c1-13-19(23-17-5-3-2-4-16(17)22-13)24-8-10-25(11-9-24)20(27)14-6-7-15(21)18(12-14)26(28)29/h2-7,12H,8-11H2,1H3. The van der Waals surface area contributed by atoms with Crippen molar-refractivity contribution in [1.82, 2.24) is 14.9 Å². The van der Waals surface area contributed by atoms with Crippen LogP contribution >= 0.6 is 11.6 Å². The van der Waals surface area contributed by atoms with Crippen molar-refractivity contribution in [3.05, 3.63) is 68.9 Å². The molecule has 1 aliphatic rings. The number of aromatic nitrogens is 2. The number of halogens is 1. The van der Waals surface area contributed by atoms with Gasteiger partial charge in [0.25, 0.3) is 11.6 Å². The summed E-state index contributed by atoms with van der Waals surface area (Å²) in [5.41, 5.74) is 2.53. The molecule has 0 N–H and O–H groups in total. The molecule has 3 aromatic rings. The number of anilines is 1. The fourth-order valence-corrected chi connectivity index (χ4v) is 3.65. The molecule has 1 amide bonds. The summed E-state index contributed by atoms with van der Waals surface area (Å²) in [5, 5.41) is 11.1. The average Bonchev–Trinajstić information content (AvgIpc) is 2.73. The molecule has 0 aliphatic carbocycles. The Balaban J connectivity index is 1.50. The molecule has 8 nitrogen and oxygen atoms in total. The molecule has 1 fully saturated rings. The molecule has 1 aliphatic heterocycles. The molecule has 0 bridgehead atoms. The highest BCUT2D eigenvalue weighted by molar-refractivity contribution is 6.32. The third-order valence-electron chi connectivity index (χ3n) is 4.98. The van der Waals surface area contributed by atoms with Crippen molar-refractivity contribution >= 4 is 40.0 Å². The SMILES string of the molecule is Cc1nc2ccccc2nc1N1CCN(C(=O)c2ccc(Cl)c([N+](=O)[O-])c2)CC1. The first-order chi connectivity index (χ1) is 13.9. The monoisotopic (exact) mass is 411 g/mol. The molecule has 2 aromatic carbocycles. The zero-order valence-electron chi connectivity index (χ0n) is 15.7. The molecular formula is C20H18ClN5O3. The van der Waals surface area contributed by atoms with Crippen molar-refractivity contribution in [2.45, 2.75) is 6.92 Å². The zero-order valence-corrected chi connectivity index (χ0v) is 16.5. The summed E-state index contributed by atoms with van der Waals surface area (Å²) in [4.78, 5) is 36.4. The molecule has 0 spiro atoms. The number of aryl methyl sites for hydroxylation is 1. The minimum absolute atomic E-state index is 0.0155. The number of amides is 1. The molecule has 4 rings (SSSR count). The lowest BCUT2D eigenvalue weighted by molar-refractivity contribution is -0.384. The number of nitro benzene ring substituents is 1. The molecule has 0 saturated carbocycles. The second-order valence-electron chi connectivity index (χ2n) is 6.82. The van der Waals surface area contributed by atoms with Gasteiger partial charge in [-0.3, -0.25) is 14.9 Å². The maximum atomic E-state index is 12.8. The first-order valence-corrected chi connectivity index (χ1v) is 9.53. The van der Waals surface area contributed by atoms with Crippen LogP contribution in [0.15, 0.2) is 42.5 Å². The summed E-state index contributed by atoms with van der Waals surface area (Å²) in [6.45, 7) is 4.12. The molecule has 2 heterocycles. The summed E-state index contributed by atoms with van der Waals surface area (Å²) in [6, 6.07) is 11.9. The van der Waals surface area contributed by atoms with E-state index in [4.69, 9.17) is 16.6 Å². The molecular weight excluding hydrogens is 394 g/mol. The Morgan fingerprint density at radius 3 is 2.38 bits per heavy atom. The van der Waals surface area contributed by atoms with Gasteiger partial charge in [0.15, 0.2) is 5.82 Å². The van der Waals surface area contributed by atoms with Crippen LogP contribution < -0.4 is 4.90 Å². The number of hydrogen-bond acceptors (Lipinski definition) is 6. The minimum Gasteiger partial charge on any atom is -0.352 e. The Hall–Kier alpha value is -3.26. The van der Waals surface area contributed by atoms with Gasteiger partial charge in [0, 0.05) is 37.8 Å². The highest BCUT2D eigenvalue weighted by Gasteiger charge is 2.26. The van der Waals surface area contributed by atoms with E-state index in [1.54, 1.807) is 4.90 Å². The summed E-state index contributed by atoms with van der Waals surface area (Å²) < 4.78 is 0. The van der Waals surface area contributed by atoms with E-state index in [9.17, 15) is 14.9 Å². The van der Waals surface area contributed by atoms with Crippen LogP contribution in [0.3, 0.4) is 0 Å². The molecule has 1 aromatic heterocycles. The van der Waals surface area contributed by atoms with Gasteiger partial charge >= 0.3 is 0 Å². The smallest absolute Gasteiger partial charge is 0.288 e. The first-order valence-electron chi connectivity index (χ1n) is 9.15. The maximum Gasteiger partial charge on any atom is 0.288 e. The molecule has 9 heteroatoms. The Kier molecular flexibility index (Phi) is 5.02. The number of piperazine rings is 1. The summed E-state index contributed by atoms with van der Waals surface area (Å²) in [7, 11) is 0. The van der Waals surface area contributed by atoms with Crippen LogP contribution in [-0.2, 0) is 0 Å². The van der Waals surface area contributed by atoms with E-state index in [0.29, 0.717) is 26.2 Å². The number of nitrogens with zero attached hydrogens (tertiary/aromatic N) is 5. The number of benzene rings is 2. The van der Waals surface area contributed by atoms with Gasteiger partial charge in [-0.2, -0.15) is 0 Å². The third-order valence-corrected chi connectivity index (χ3v) is 5.30. The van der Waals surface area contributed by atoms with Crippen molar-refractivity contribution in [2.24, 2.45) is 0 Å². The van der Waals surface area contributed by atoms with Gasteiger partial charge in [0.05, 0.1) is 21.7 Å². The lowest BCUT2D eigenvalue weighted by atomic mass is 10.1. The van der Waals surface area contributed by atoms with Crippen molar-refractivity contribution in [3.8, 4) is 0 Å². The van der Waals surface area contributed by atoms with Gasteiger partial charge in [-0.15, -0.1) is 0 Å². The Morgan fingerprint density at radius 1 is 1.07 bits per heavy atom. The lowest BCUT2D eigenvalue weighted by Gasteiger charge is -2.36. The molecule has 0 radical (unpaired) electrons. The van der Waals surface area contributed by atoms with Crippen LogP contribution in [0.5, 0.6) is 0 Å².